The molecule has 0 unspecified atom stereocenters. The molecule has 10 aromatic rings. The molecule has 0 atom stereocenters. The quantitative estimate of drug-likeness (QED) is 0.176. The fourth-order valence-corrected chi connectivity index (χ4v) is 11.0. The smallest absolute Gasteiger partial charge is 0.0544 e. The Labute approximate surface area is 285 Å². The van der Waals surface area contributed by atoms with Gasteiger partial charge in [-0.15, -0.1) is 22.7 Å². The van der Waals surface area contributed by atoms with Crippen molar-refractivity contribution in [3.63, 3.8) is 0 Å². The molecule has 0 amide bonds. The zero-order chi connectivity index (χ0) is 31.7. The topological polar surface area (TPSA) is 4.93 Å². The summed E-state index contributed by atoms with van der Waals surface area (Å²) in [6, 6.07) is 52.3. The summed E-state index contributed by atoms with van der Waals surface area (Å²) in [5, 5.41) is 8.04. The summed E-state index contributed by atoms with van der Waals surface area (Å²) in [6.07, 6.45) is 0. The molecule has 3 aromatic heterocycles. The molecule has 0 spiro atoms. The summed E-state index contributed by atoms with van der Waals surface area (Å²) in [7, 11) is 0. The minimum Gasteiger partial charge on any atom is -0.309 e. The number of fused-ring (bicyclic) bond motifs is 13. The van der Waals surface area contributed by atoms with E-state index in [1.807, 2.05) is 22.7 Å². The Hall–Kier alpha value is -5.22. The summed E-state index contributed by atoms with van der Waals surface area (Å²) < 4.78 is 7.83. The molecule has 0 aliphatic heterocycles. The standard InChI is InChI=1S/C45H29NS2/c1-45(2)35-14-6-3-10-29(35)31-21-22-37-43(44(31)45)32-11-4-7-15-36(32)46(37)27-19-23-39-34(25-27)30-20-18-26(24-41(30)48-39)28-13-9-17-40-42(28)33-12-5-8-16-38(33)47-40/h3-25H,1-2H3. The third-order valence-electron chi connectivity index (χ3n) is 10.8. The van der Waals surface area contributed by atoms with Crippen LogP contribution in [-0.4, -0.2) is 4.57 Å². The minimum absolute atomic E-state index is 0.0781. The molecular formula is C45H29NS2. The maximum Gasteiger partial charge on any atom is 0.0544 e. The van der Waals surface area contributed by atoms with Gasteiger partial charge in [0, 0.05) is 62.2 Å². The Bertz CT molecular complexity index is 2980. The minimum atomic E-state index is -0.0781. The normalized spacial score (nSPS) is 13.8. The van der Waals surface area contributed by atoms with Crippen molar-refractivity contribution in [2.45, 2.75) is 19.3 Å². The second kappa shape index (κ2) is 9.44. The van der Waals surface area contributed by atoms with Crippen LogP contribution in [0.15, 0.2) is 140 Å². The van der Waals surface area contributed by atoms with E-state index in [-0.39, 0.29) is 5.41 Å². The predicted molar refractivity (Wildman–Crippen MR) is 210 cm³/mol. The molecule has 0 bridgehead atoms. The molecular weight excluding hydrogens is 619 g/mol. The van der Waals surface area contributed by atoms with Crippen molar-refractivity contribution in [1.29, 1.82) is 0 Å². The van der Waals surface area contributed by atoms with Crippen LogP contribution in [0.25, 0.3) is 90.1 Å². The molecule has 0 fully saturated rings. The lowest BCUT2D eigenvalue weighted by Gasteiger charge is -2.22. The molecule has 0 saturated heterocycles. The molecule has 1 aliphatic carbocycles. The van der Waals surface area contributed by atoms with Crippen LogP contribution in [0.2, 0.25) is 0 Å². The van der Waals surface area contributed by atoms with Crippen LogP contribution in [0.1, 0.15) is 25.0 Å². The average molecular weight is 648 g/mol. The third-order valence-corrected chi connectivity index (χ3v) is 13.1. The SMILES string of the molecule is CC1(C)c2ccccc2-c2ccc3c(c21)c1ccccc1n3-c1ccc2sc3cc(-c4cccc5sc6ccccc6c45)ccc3c2c1. The van der Waals surface area contributed by atoms with Crippen molar-refractivity contribution in [2.75, 3.05) is 0 Å². The van der Waals surface area contributed by atoms with Gasteiger partial charge in [0.1, 0.15) is 0 Å². The van der Waals surface area contributed by atoms with E-state index in [0.717, 1.165) is 0 Å². The highest BCUT2D eigenvalue weighted by Crippen LogP contribution is 2.53. The highest BCUT2D eigenvalue weighted by molar-refractivity contribution is 7.26. The van der Waals surface area contributed by atoms with Gasteiger partial charge in [-0.2, -0.15) is 0 Å². The van der Waals surface area contributed by atoms with Crippen LogP contribution >= 0.6 is 22.7 Å². The van der Waals surface area contributed by atoms with Crippen LogP contribution < -0.4 is 0 Å². The summed E-state index contributed by atoms with van der Waals surface area (Å²) in [6.45, 7) is 4.78. The zero-order valence-electron chi connectivity index (χ0n) is 26.5. The lowest BCUT2D eigenvalue weighted by molar-refractivity contribution is 0.666. The number of thiophene rings is 2. The van der Waals surface area contributed by atoms with Gasteiger partial charge in [0.15, 0.2) is 0 Å². The molecule has 7 aromatic carbocycles. The Balaban J connectivity index is 1.12. The van der Waals surface area contributed by atoms with Crippen molar-refractivity contribution in [2.24, 2.45) is 0 Å². The Kier molecular flexibility index (Phi) is 5.27. The van der Waals surface area contributed by atoms with Crippen LogP contribution in [0.5, 0.6) is 0 Å². The Morgan fingerprint density at radius 2 is 1.21 bits per heavy atom. The van der Waals surface area contributed by atoms with E-state index < -0.39 is 0 Å². The monoisotopic (exact) mass is 647 g/mol. The molecule has 0 radical (unpaired) electrons. The van der Waals surface area contributed by atoms with E-state index >= 15 is 0 Å². The molecule has 3 heterocycles. The summed E-state index contributed by atoms with van der Waals surface area (Å²) in [5.74, 6) is 0. The molecule has 0 N–H and O–H groups in total. The molecule has 11 rings (SSSR count). The van der Waals surface area contributed by atoms with Crippen LogP contribution in [0.3, 0.4) is 0 Å². The maximum atomic E-state index is 2.49. The lowest BCUT2D eigenvalue weighted by atomic mass is 9.80. The highest BCUT2D eigenvalue weighted by Gasteiger charge is 2.38. The zero-order valence-corrected chi connectivity index (χ0v) is 28.2. The first kappa shape index (κ1) is 26.8. The molecule has 48 heavy (non-hydrogen) atoms. The number of para-hydroxylation sites is 1. The largest absolute Gasteiger partial charge is 0.309 e. The highest BCUT2D eigenvalue weighted by atomic mass is 32.1. The van der Waals surface area contributed by atoms with Crippen LogP contribution in [-0.2, 0) is 5.41 Å². The first-order valence-corrected chi connectivity index (χ1v) is 18.2. The van der Waals surface area contributed by atoms with E-state index in [4.69, 9.17) is 0 Å². The fourth-order valence-electron chi connectivity index (χ4n) is 8.70. The van der Waals surface area contributed by atoms with Crippen molar-refractivity contribution < 1.29 is 0 Å². The fraction of sp³-hybridized carbons (Fsp3) is 0.0667. The van der Waals surface area contributed by atoms with Gasteiger partial charge in [0.05, 0.1) is 11.0 Å². The van der Waals surface area contributed by atoms with Crippen molar-refractivity contribution >= 4 is 84.8 Å². The number of hydrogen-bond donors (Lipinski definition) is 0. The van der Waals surface area contributed by atoms with Gasteiger partial charge in [-0.05, 0) is 81.9 Å². The molecule has 226 valence electrons. The summed E-state index contributed by atoms with van der Waals surface area (Å²) >= 11 is 3.78. The van der Waals surface area contributed by atoms with Crippen molar-refractivity contribution in [3.8, 4) is 27.9 Å². The first-order chi connectivity index (χ1) is 23.6. The molecule has 0 saturated carbocycles. The van der Waals surface area contributed by atoms with E-state index in [1.165, 1.54) is 101 Å². The van der Waals surface area contributed by atoms with Gasteiger partial charge >= 0.3 is 0 Å². The van der Waals surface area contributed by atoms with E-state index in [9.17, 15) is 0 Å². The second-order valence-electron chi connectivity index (χ2n) is 13.7. The number of hydrogen-bond acceptors (Lipinski definition) is 2. The van der Waals surface area contributed by atoms with Gasteiger partial charge in [0.25, 0.3) is 0 Å². The number of rotatable bonds is 2. The number of nitrogens with zero attached hydrogens (tertiary/aromatic N) is 1. The average Bonchev–Trinajstić information content (AvgIpc) is 3.84. The van der Waals surface area contributed by atoms with Crippen LogP contribution in [0.4, 0.5) is 0 Å². The summed E-state index contributed by atoms with van der Waals surface area (Å²) in [4.78, 5) is 0. The Morgan fingerprint density at radius 1 is 0.458 bits per heavy atom. The van der Waals surface area contributed by atoms with Crippen molar-refractivity contribution in [3.05, 3.63) is 151 Å². The maximum absolute atomic E-state index is 2.49. The summed E-state index contributed by atoms with van der Waals surface area (Å²) in [5.41, 5.74) is 11.8. The van der Waals surface area contributed by atoms with Gasteiger partial charge in [-0.3, -0.25) is 0 Å². The van der Waals surface area contributed by atoms with Crippen molar-refractivity contribution in [1.82, 2.24) is 4.57 Å². The Morgan fingerprint density at radius 3 is 2.15 bits per heavy atom. The van der Waals surface area contributed by atoms with Gasteiger partial charge < -0.3 is 4.57 Å². The number of benzene rings is 7. The van der Waals surface area contributed by atoms with Gasteiger partial charge in [0.2, 0.25) is 0 Å². The number of aromatic nitrogens is 1. The third kappa shape index (κ3) is 3.45. The molecule has 1 nitrogen and oxygen atoms in total. The van der Waals surface area contributed by atoms with E-state index in [0.29, 0.717) is 0 Å². The lowest BCUT2D eigenvalue weighted by Crippen LogP contribution is -2.15. The van der Waals surface area contributed by atoms with E-state index in [2.05, 4.69) is 158 Å². The predicted octanol–water partition coefficient (Wildman–Crippen LogP) is 13.5. The van der Waals surface area contributed by atoms with Gasteiger partial charge in [-0.1, -0.05) is 105 Å². The van der Waals surface area contributed by atoms with Gasteiger partial charge in [-0.25, -0.2) is 0 Å². The van der Waals surface area contributed by atoms with Crippen LogP contribution in [0, 0.1) is 0 Å². The molecule has 1 aliphatic rings. The second-order valence-corrected chi connectivity index (χ2v) is 15.8. The first-order valence-electron chi connectivity index (χ1n) is 16.6. The van der Waals surface area contributed by atoms with E-state index in [1.54, 1.807) is 0 Å². The molecule has 3 heteroatoms.